The van der Waals surface area contributed by atoms with Crippen LogP contribution in [0.5, 0.6) is 5.75 Å². The number of aryl methyl sites for hydroxylation is 1. The highest BCUT2D eigenvalue weighted by Crippen LogP contribution is 2.23. The Morgan fingerprint density at radius 1 is 1.09 bits per heavy atom. The zero-order valence-electron chi connectivity index (χ0n) is 17.7. The van der Waals surface area contributed by atoms with Crippen LogP contribution in [0.1, 0.15) is 16.7 Å². The molecule has 10 heteroatoms. The van der Waals surface area contributed by atoms with Crippen LogP contribution in [0.25, 0.3) is 5.69 Å². The average molecular weight is 559 g/mol. The van der Waals surface area contributed by atoms with Crippen LogP contribution < -0.4 is 15.4 Å². The molecule has 1 aromatic heterocycles. The lowest BCUT2D eigenvalue weighted by Gasteiger charge is -2.17. The van der Waals surface area contributed by atoms with Crippen molar-refractivity contribution in [2.45, 2.75) is 26.2 Å². The number of aromatic nitrogens is 2. The van der Waals surface area contributed by atoms with Gasteiger partial charge in [-0.2, -0.15) is 13.2 Å². The minimum absolute atomic E-state index is 0. The van der Waals surface area contributed by atoms with Gasteiger partial charge in [-0.1, -0.05) is 30.3 Å². The number of nitrogens with zero attached hydrogens (tertiary/aromatic N) is 3. The van der Waals surface area contributed by atoms with Gasteiger partial charge in [0.05, 0.1) is 12.0 Å². The van der Waals surface area contributed by atoms with Crippen LogP contribution in [-0.4, -0.2) is 35.3 Å². The third kappa shape index (κ3) is 7.43. The first-order chi connectivity index (χ1) is 14.9. The van der Waals surface area contributed by atoms with Crippen molar-refractivity contribution in [2.75, 3.05) is 13.7 Å². The van der Waals surface area contributed by atoms with E-state index in [4.69, 9.17) is 4.74 Å². The topological polar surface area (TPSA) is 63.5 Å². The van der Waals surface area contributed by atoms with E-state index in [1.165, 1.54) is 0 Å². The molecule has 0 atom stereocenters. The lowest BCUT2D eigenvalue weighted by Crippen LogP contribution is -2.36. The Kier molecular flexibility index (Phi) is 9.36. The second kappa shape index (κ2) is 11.7. The quantitative estimate of drug-likeness (QED) is 0.252. The van der Waals surface area contributed by atoms with E-state index in [0.717, 1.165) is 16.8 Å². The Hall–Kier alpha value is -2.76. The number of hydrogen-bond acceptors (Lipinski definition) is 3. The van der Waals surface area contributed by atoms with Crippen molar-refractivity contribution in [1.29, 1.82) is 0 Å². The summed E-state index contributed by atoms with van der Waals surface area (Å²) >= 11 is 0. The molecule has 0 aliphatic carbocycles. The largest absolute Gasteiger partial charge is 0.484 e. The lowest BCUT2D eigenvalue weighted by atomic mass is 10.1. The van der Waals surface area contributed by atoms with E-state index in [-0.39, 0.29) is 36.3 Å². The number of alkyl halides is 3. The van der Waals surface area contributed by atoms with Crippen molar-refractivity contribution in [3.05, 3.63) is 77.9 Å². The smallest absolute Gasteiger partial charge is 0.422 e. The molecule has 3 rings (SSSR count). The Balaban J connectivity index is 0.00000363. The maximum atomic E-state index is 12.6. The third-order valence-corrected chi connectivity index (χ3v) is 4.50. The van der Waals surface area contributed by atoms with Crippen molar-refractivity contribution in [3.8, 4) is 11.4 Å². The van der Waals surface area contributed by atoms with Gasteiger partial charge in [-0.25, -0.2) is 4.98 Å². The summed E-state index contributed by atoms with van der Waals surface area (Å²) in [6.45, 7) is 1.23. The normalized spacial score (nSPS) is 11.6. The van der Waals surface area contributed by atoms with Gasteiger partial charge >= 0.3 is 6.18 Å². The Morgan fingerprint density at radius 2 is 1.81 bits per heavy atom. The molecular formula is C22H25F3IN5O. The monoisotopic (exact) mass is 559 g/mol. The van der Waals surface area contributed by atoms with Gasteiger partial charge < -0.3 is 19.9 Å². The number of halogens is 4. The molecule has 0 aliphatic heterocycles. The second-order valence-electron chi connectivity index (χ2n) is 6.89. The van der Waals surface area contributed by atoms with Crippen molar-refractivity contribution in [1.82, 2.24) is 20.2 Å². The van der Waals surface area contributed by atoms with Crippen molar-refractivity contribution in [3.63, 3.8) is 0 Å². The van der Waals surface area contributed by atoms with E-state index in [1.54, 1.807) is 38.6 Å². The molecule has 0 unspecified atom stereocenters. The number of benzene rings is 2. The number of guanidine groups is 1. The predicted octanol–water partition coefficient (Wildman–Crippen LogP) is 4.61. The molecule has 0 amide bonds. The highest BCUT2D eigenvalue weighted by Gasteiger charge is 2.28. The fourth-order valence-electron chi connectivity index (χ4n) is 2.99. The van der Waals surface area contributed by atoms with Gasteiger partial charge in [-0.3, -0.25) is 4.99 Å². The first-order valence-corrected chi connectivity index (χ1v) is 9.65. The van der Waals surface area contributed by atoms with Crippen molar-refractivity contribution < 1.29 is 17.9 Å². The zero-order valence-corrected chi connectivity index (χ0v) is 20.0. The molecule has 0 saturated heterocycles. The molecule has 172 valence electrons. The minimum atomic E-state index is -4.39. The van der Waals surface area contributed by atoms with Crippen molar-refractivity contribution >= 4 is 29.9 Å². The van der Waals surface area contributed by atoms with Crippen LogP contribution in [0, 0.1) is 6.92 Å². The van der Waals surface area contributed by atoms with E-state index in [0.29, 0.717) is 18.1 Å². The average Bonchev–Trinajstić information content (AvgIpc) is 3.28. The van der Waals surface area contributed by atoms with E-state index < -0.39 is 12.8 Å². The number of nitrogens with one attached hydrogen (secondary N) is 2. The number of para-hydroxylation sites is 1. The lowest BCUT2D eigenvalue weighted by molar-refractivity contribution is -0.153. The fourth-order valence-corrected chi connectivity index (χ4v) is 2.99. The van der Waals surface area contributed by atoms with Crippen LogP contribution in [0.2, 0.25) is 0 Å². The second-order valence-corrected chi connectivity index (χ2v) is 6.89. The van der Waals surface area contributed by atoms with Crippen LogP contribution >= 0.6 is 24.0 Å². The molecule has 0 spiro atoms. The predicted molar refractivity (Wildman–Crippen MR) is 129 cm³/mol. The molecule has 0 fully saturated rings. The van der Waals surface area contributed by atoms with E-state index >= 15 is 0 Å². The first kappa shape index (κ1) is 25.5. The molecule has 2 aromatic carbocycles. The Labute approximate surface area is 201 Å². The molecule has 0 radical (unpaired) electrons. The summed E-state index contributed by atoms with van der Waals surface area (Å²) in [5.74, 6) is 0.716. The molecule has 1 heterocycles. The summed E-state index contributed by atoms with van der Waals surface area (Å²) < 4.78 is 44.6. The number of rotatable bonds is 7. The van der Waals surface area contributed by atoms with Gasteiger partial charge in [0.2, 0.25) is 0 Å². The molecular weight excluding hydrogens is 534 g/mol. The van der Waals surface area contributed by atoms with Crippen LogP contribution in [0.4, 0.5) is 13.2 Å². The first-order valence-electron chi connectivity index (χ1n) is 9.65. The number of ether oxygens (including phenoxy) is 1. The van der Waals surface area contributed by atoms with Gasteiger partial charge in [0, 0.05) is 38.1 Å². The molecule has 0 aliphatic rings. The van der Waals surface area contributed by atoms with Gasteiger partial charge in [0.25, 0.3) is 0 Å². The van der Waals surface area contributed by atoms with E-state index in [1.807, 2.05) is 41.1 Å². The van der Waals surface area contributed by atoms with E-state index in [2.05, 4.69) is 20.6 Å². The van der Waals surface area contributed by atoms with Gasteiger partial charge in [0.15, 0.2) is 12.6 Å². The number of imidazole rings is 1. The Bertz CT molecular complexity index is 1020. The van der Waals surface area contributed by atoms with Gasteiger partial charge in [-0.15, -0.1) is 24.0 Å². The summed E-state index contributed by atoms with van der Waals surface area (Å²) in [5, 5.41) is 6.36. The van der Waals surface area contributed by atoms with E-state index in [9.17, 15) is 13.2 Å². The summed E-state index contributed by atoms with van der Waals surface area (Å²) in [5.41, 5.74) is 3.45. The maximum absolute atomic E-state index is 12.6. The van der Waals surface area contributed by atoms with Crippen LogP contribution in [0.3, 0.4) is 0 Å². The molecule has 2 N–H and O–H groups in total. The third-order valence-electron chi connectivity index (χ3n) is 4.50. The summed E-state index contributed by atoms with van der Waals surface area (Å²) in [6.07, 6.45) is 0.914. The maximum Gasteiger partial charge on any atom is 0.422 e. The number of hydrogen-bond donors (Lipinski definition) is 2. The minimum Gasteiger partial charge on any atom is -0.484 e. The molecule has 3 aromatic rings. The molecule has 0 saturated carbocycles. The highest BCUT2D eigenvalue weighted by molar-refractivity contribution is 14.0. The standard InChI is InChI=1S/C22H24F3N5O.HI/c1-16-7-8-18(20(11-16)31-14-22(23,24)25)13-29-21(26-2)28-12-17-5-3-4-6-19(17)30-10-9-27-15-30;/h3-11,15H,12-14H2,1-2H3,(H2,26,28,29);1H. The zero-order chi connectivity index (χ0) is 22.3. The number of aliphatic imine (C=N–C) groups is 1. The molecule has 0 bridgehead atoms. The molecule has 32 heavy (non-hydrogen) atoms. The van der Waals surface area contributed by atoms with Gasteiger partial charge in [0.1, 0.15) is 5.75 Å². The summed E-state index contributed by atoms with van der Waals surface area (Å²) in [6, 6.07) is 13.1. The molecule has 6 nitrogen and oxygen atoms in total. The SMILES string of the molecule is CN=C(NCc1ccc(C)cc1OCC(F)(F)F)NCc1ccccc1-n1ccnc1.I. The highest BCUT2D eigenvalue weighted by atomic mass is 127. The Morgan fingerprint density at radius 3 is 2.47 bits per heavy atom. The fraction of sp³-hybridized carbons (Fsp3) is 0.273. The van der Waals surface area contributed by atoms with Crippen LogP contribution in [-0.2, 0) is 13.1 Å². The summed E-state index contributed by atoms with van der Waals surface area (Å²) in [7, 11) is 1.63. The summed E-state index contributed by atoms with van der Waals surface area (Å²) in [4.78, 5) is 8.28. The van der Waals surface area contributed by atoms with Gasteiger partial charge in [-0.05, 0) is 30.2 Å². The van der Waals surface area contributed by atoms with Crippen molar-refractivity contribution in [2.24, 2.45) is 4.99 Å². The van der Waals surface area contributed by atoms with Crippen LogP contribution in [0.15, 0.2) is 66.2 Å².